The fourth-order valence-electron chi connectivity index (χ4n) is 1.99. The second-order valence-electron chi connectivity index (χ2n) is 4.41. The predicted octanol–water partition coefficient (Wildman–Crippen LogP) is 2.83. The molecule has 6 heteroatoms. The van der Waals surface area contributed by atoms with E-state index < -0.39 is 0 Å². The summed E-state index contributed by atoms with van der Waals surface area (Å²) >= 11 is 8.47. The number of rotatable bonds is 6. The van der Waals surface area contributed by atoms with Crippen molar-refractivity contribution >= 4 is 46.0 Å². The molecule has 0 spiro atoms. The molecule has 20 heavy (non-hydrogen) atoms. The zero-order valence-corrected chi connectivity index (χ0v) is 13.9. The molecule has 0 N–H and O–H groups in total. The normalized spacial score (nSPS) is 18.9. The molecule has 0 bridgehead atoms. The van der Waals surface area contributed by atoms with Gasteiger partial charge in [0, 0.05) is 12.0 Å². The van der Waals surface area contributed by atoms with Crippen molar-refractivity contribution in [3.63, 3.8) is 0 Å². The van der Waals surface area contributed by atoms with Gasteiger partial charge in [0.15, 0.2) is 0 Å². The van der Waals surface area contributed by atoms with Gasteiger partial charge in [-0.3, -0.25) is 9.69 Å². The average Bonchev–Trinajstić information content (AvgIpc) is 2.72. The van der Waals surface area contributed by atoms with Gasteiger partial charge in [0.05, 0.1) is 18.4 Å². The first kappa shape index (κ1) is 15.8. The standard InChI is InChI=1S/C14H17NO2S3/c1-17-8-7-15-13(16)12(20-14(15)18)9-10-3-5-11(19-2)6-4-10/h3-6,12H,7-9H2,1-2H3/t12-/m1/s1. The van der Waals surface area contributed by atoms with E-state index in [1.807, 2.05) is 0 Å². The van der Waals surface area contributed by atoms with Crippen LogP contribution >= 0.6 is 35.7 Å². The van der Waals surface area contributed by atoms with Gasteiger partial charge < -0.3 is 4.74 Å². The average molecular weight is 327 g/mol. The van der Waals surface area contributed by atoms with E-state index in [9.17, 15) is 4.79 Å². The molecule has 0 radical (unpaired) electrons. The Balaban J connectivity index is 1.99. The van der Waals surface area contributed by atoms with Crippen LogP contribution in [-0.4, -0.2) is 46.9 Å². The number of nitrogens with zero attached hydrogens (tertiary/aromatic N) is 1. The van der Waals surface area contributed by atoms with E-state index in [2.05, 4.69) is 30.5 Å². The van der Waals surface area contributed by atoms with Crippen molar-refractivity contribution < 1.29 is 9.53 Å². The lowest BCUT2D eigenvalue weighted by Gasteiger charge is -2.14. The number of carbonyl (C=O) groups excluding carboxylic acids is 1. The monoisotopic (exact) mass is 327 g/mol. The maximum absolute atomic E-state index is 12.3. The van der Waals surface area contributed by atoms with Gasteiger partial charge in [0.1, 0.15) is 4.32 Å². The van der Waals surface area contributed by atoms with Gasteiger partial charge in [-0.2, -0.15) is 0 Å². The van der Waals surface area contributed by atoms with Crippen molar-refractivity contribution in [1.29, 1.82) is 0 Å². The number of carbonyl (C=O) groups is 1. The Hall–Kier alpha value is -0.560. The summed E-state index contributed by atoms with van der Waals surface area (Å²) in [7, 11) is 1.63. The molecule has 0 unspecified atom stereocenters. The zero-order chi connectivity index (χ0) is 14.5. The van der Waals surface area contributed by atoms with E-state index in [1.54, 1.807) is 23.8 Å². The molecule has 1 amide bonds. The molecule has 108 valence electrons. The van der Waals surface area contributed by atoms with Crippen LogP contribution in [0, 0.1) is 0 Å². The van der Waals surface area contributed by atoms with Crippen LogP contribution in [0.25, 0.3) is 0 Å². The van der Waals surface area contributed by atoms with Gasteiger partial charge in [-0.15, -0.1) is 11.8 Å². The number of hydrogen-bond donors (Lipinski definition) is 0. The number of hydrogen-bond acceptors (Lipinski definition) is 5. The molecule has 1 aromatic carbocycles. The van der Waals surface area contributed by atoms with Crippen LogP contribution in [0.2, 0.25) is 0 Å². The molecular weight excluding hydrogens is 310 g/mol. The number of ether oxygens (including phenoxy) is 1. The number of amides is 1. The van der Waals surface area contributed by atoms with E-state index in [0.29, 0.717) is 17.5 Å². The van der Waals surface area contributed by atoms with Crippen molar-refractivity contribution in [3.8, 4) is 0 Å². The van der Waals surface area contributed by atoms with E-state index in [1.165, 1.54) is 22.2 Å². The molecule has 1 aromatic rings. The van der Waals surface area contributed by atoms with E-state index in [4.69, 9.17) is 17.0 Å². The van der Waals surface area contributed by atoms with E-state index in [0.717, 1.165) is 6.42 Å². The summed E-state index contributed by atoms with van der Waals surface area (Å²) in [6.07, 6.45) is 2.78. The van der Waals surface area contributed by atoms with Crippen molar-refractivity contribution in [2.45, 2.75) is 16.6 Å². The minimum Gasteiger partial charge on any atom is -0.383 e. The number of methoxy groups -OCH3 is 1. The highest BCUT2D eigenvalue weighted by atomic mass is 32.2. The van der Waals surface area contributed by atoms with Crippen LogP contribution in [-0.2, 0) is 16.0 Å². The van der Waals surface area contributed by atoms with Crippen molar-refractivity contribution in [3.05, 3.63) is 29.8 Å². The van der Waals surface area contributed by atoms with Crippen molar-refractivity contribution in [1.82, 2.24) is 4.90 Å². The fraction of sp³-hybridized carbons (Fsp3) is 0.429. The largest absolute Gasteiger partial charge is 0.383 e. The second-order valence-corrected chi connectivity index (χ2v) is 7.12. The molecule has 1 atom stereocenters. The minimum atomic E-state index is -0.0977. The molecule has 1 aliphatic rings. The summed E-state index contributed by atoms with van der Waals surface area (Å²) in [6.45, 7) is 1.06. The molecule has 1 heterocycles. The first-order valence-electron chi connectivity index (χ1n) is 6.29. The first-order chi connectivity index (χ1) is 9.65. The highest BCUT2D eigenvalue weighted by Crippen LogP contribution is 2.30. The van der Waals surface area contributed by atoms with Gasteiger partial charge in [-0.1, -0.05) is 36.1 Å². The fourth-order valence-corrected chi connectivity index (χ4v) is 3.98. The lowest BCUT2D eigenvalue weighted by Crippen LogP contribution is -2.34. The Kier molecular flexibility index (Phi) is 5.89. The van der Waals surface area contributed by atoms with Crippen LogP contribution in [0.4, 0.5) is 0 Å². The number of thiocarbonyl (C=S) groups is 1. The highest BCUT2D eigenvalue weighted by molar-refractivity contribution is 8.24. The second kappa shape index (κ2) is 7.45. The summed E-state index contributed by atoms with van der Waals surface area (Å²) in [5.41, 5.74) is 1.17. The zero-order valence-electron chi connectivity index (χ0n) is 11.5. The minimum absolute atomic E-state index is 0.0977. The molecule has 1 aliphatic heterocycles. The number of thioether (sulfide) groups is 2. The molecule has 1 saturated heterocycles. The summed E-state index contributed by atoms with van der Waals surface area (Å²) < 4.78 is 5.68. The van der Waals surface area contributed by atoms with Crippen LogP contribution in [0.1, 0.15) is 5.56 Å². The Bertz CT molecular complexity index is 490. The lowest BCUT2D eigenvalue weighted by atomic mass is 10.1. The third-order valence-electron chi connectivity index (χ3n) is 3.10. The van der Waals surface area contributed by atoms with Crippen LogP contribution < -0.4 is 0 Å². The topological polar surface area (TPSA) is 29.5 Å². The molecule has 3 nitrogen and oxygen atoms in total. The smallest absolute Gasteiger partial charge is 0.242 e. The van der Waals surface area contributed by atoms with Crippen LogP contribution in [0.5, 0.6) is 0 Å². The van der Waals surface area contributed by atoms with E-state index in [-0.39, 0.29) is 11.2 Å². The summed E-state index contributed by atoms with van der Waals surface area (Å²) in [4.78, 5) is 15.2. The highest BCUT2D eigenvalue weighted by Gasteiger charge is 2.36. The Morgan fingerprint density at radius 3 is 2.70 bits per heavy atom. The van der Waals surface area contributed by atoms with Gasteiger partial charge >= 0.3 is 0 Å². The summed E-state index contributed by atoms with van der Waals surface area (Å²) in [6, 6.07) is 8.34. The van der Waals surface area contributed by atoms with Gasteiger partial charge in [-0.05, 0) is 30.4 Å². The van der Waals surface area contributed by atoms with E-state index >= 15 is 0 Å². The maximum atomic E-state index is 12.3. The Morgan fingerprint density at radius 2 is 2.10 bits per heavy atom. The molecule has 0 aromatic heterocycles. The lowest BCUT2D eigenvalue weighted by molar-refractivity contribution is -0.126. The molecule has 2 rings (SSSR count). The third kappa shape index (κ3) is 3.75. The van der Waals surface area contributed by atoms with Crippen LogP contribution in [0.3, 0.4) is 0 Å². The SMILES string of the molecule is COCCN1C(=O)[C@@H](Cc2ccc(SC)cc2)SC1=S. The van der Waals surface area contributed by atoms with Gasteiger partial charge in [0.2, 0.25) is 5.91 Å². The van der Waals surface area contributed by atoms with Crippen molar-refractivity contribution in [2.75, 3.05) is 26.5 Å². The molecule has 1 fully saturated rings. The van der Waals surface area contributed by atoms with Gasteiger partial charge in [0.25, 0.3) is 0 Å². The summed E-state index contributed by atoms with van der Waals surface area (Å²) in [5, 5.41) is -0.0977. The Morgan fingerprint density at radius 1 is 1.40 bits per heavy atom. The first-order valence-corrected chi connectivity index (χ1v) is 8.81. The third-order valence-corrected chi connectivity index (χ3v) is 5.43. The van der Waals surface area contributed by atoms with Crippen LogP contribution in [0.15, 0.2) is 29.2 Å². The molecule has 0 saturated carbocycles. The quantitative estimate of drug-likeness (QED) is 0.592. The maximum Gasteiger partial charge on any atom is 0.242 e. The molecule has 0 aliphatic carbocycles. The molecular formula is C14H17NO2S3. The Labute approximate surface area is 133 Å². The van der Waals surface area contributed by atoms with Gasteiger partial charge in [-0.25, -0.2) is 0 Å². The summed E-state index contributed by atoms with van der Waals surface area (Å²) in [5.74, 6) is 0.103. The number of benzene rings is 1. The van der Waals surface area contributed by atoms with Crippen molar-refractivity contribution in [2.24, 2.45) is 0 Å². The predicted molar refractivity (Wildman–Crippen MR) is 89.5 cm³/mol.